The highest BCUT2D eigenvalue weighted by Crippen LogP contribution is 2.50. The lowest BCUT2D eigenvalue weighted by Gasteiger charge is -2.30. The molecule has 2 aliphatic carbocycles. The maximum atomic E-state index is 10.8. The Hall–Kier alpha value is -3.06. The summed E-state index contributed by atoms with van der Waals surface area (Å²) < 4.78 is 0. The Morgan fingerprint density at radius 2 is 1.07 bits per heavy atom. The van der Waals surface area contributed by atoms with Crippen molar-refractivity contribution in [3.8, 4) is 28.0 Å². The summed E-state index contributed by atoms with van der Waals surface area (Å²) in [7, 11) is 0. The number of phenolic OH excluding ortho intramolecular Hbond substituents is 1. The molecule has 1 nitrogen and oxygen atoms in total. The zero-order valence-corrected chi connectivity index (χ0v) is 15.1. The van der Waals surface area contributed by atoms with Crippen LogP contribution in [0, 0.1) is 0 Å². The Bertz CT molecular complexity index is 1230. The van der Waals surface area contributed by atoms with Gasteiger partial charge in [-0.05, 0) is 81.5 Å². The number of phenols is 1. The molecule has 0 unspecified atom stereocenters. The average molecular weight is 348 g/mol. The van der Waals surface area contributed by atoms with Crippen molar-refractivity contribution in [3.63, 3.8) is 0 Å². The summed E-state index contributed by atoms with van der Waals surface area (Å²) in [6.45, 7) is 0. The van der Waals surface area contributed by atoms with Gasteiger partial charge in [0.05, 0.1) is 0 Å². The van der Waals surface area contributed by atoms with Gasteiger partial charge >= 0.3 is 0 Å². The van der Waals surface area contributed by atoms with E-state index in [4.69, 9.17) is 0 Å². The highest BCUT2D eigenvalue weighted by molar-refractivity contribution is 6.05. The summed E-state index contributed by atoms with van der Waals surface area (Å²) in [5.74, 6) is 0.411. The number of fused-ring (bicyclic) bond motifs is 9. The Morgan fingerprint density at radius 1 is 0.481 bits per heavy atom. The number of hydrogen-bond acceptors (Lipinski definition) is 1. The van der Waals surface area contributed by atoms with E-state index in [0.717, 1.165) is 31.2 Å². The number of rotatable bonds is 0. The fraction of sp³-hybridized carbons (Fsp3) is 0.154. The number of benzene rings is 4. The van der Waals surface area contributed by atoms with E-state index in [0.29, 0.717) is 5.75 Å². The molecule has 1 heteroatoms. The quantitative estimate of drug-likeness (QED) is 0.408. The summed E-state index contributed by atoms with van der Waals surface area (Å²) in [5, 5.41) is 13.4. The largest absolute Gasteiger partial charge is 0.507 e. The first-order valence-electron chi connectivity index (χ1n) is 9.78. The highest BCUT2D eigenvalue weighted by Gasteiger charge is 2.28. The van der Waals surface area contributed by atoms with Gasteiger partial charge < -0.3 is 5.11 Å². The molecule has 4 aromatic carbocycles. The molecule has 0 atom stereocenters. The van der Waals surface area contributed by atoms with Crippen LogP contribution in [-0.4, -0.2) is 5.11 Å². The number of aromatic hydroxyl groups is 1. The van der Waals surface area contributed by atoms with E-state index in [1.165, 1.54) is 49.7 Å². The van der Waals surface area contributed by atoms with Crippen molar-refractivity contribution in [2.75, 3.05) is 0 Å². The smallest absolute Gasteiger partial charge is 0.123 e. The molecule has 0 fully saturated rings. The molecule has 4 aromatic rings. The minimum atomic E-state index is 0.411. The standard InChI is InChI=1S/C26H20O/c27-22-7-3-5-17-10-12-20-15-14-19-13-11-18-9-8-16-4-1-2-6-21(16)23(18)25(19)26(20)24(17)22/h1-9,14-15,27H,10-13H2. The molecule has 2 aliphatic rings. The van der Waals surface area contributed by atoms with Gasteiger partial charge in [-0.15, -0.1) is 0 Å². The molecular formula is C26H20O. The minimum Gasteiger partial charge on any atom is -0.507 e. The SMILES string of the molecule is Oc1cccc2c1-c1c(ccc3c1-c1c(ccc4ccccc14)CC3)CC2. The van der Waals surface area contributed by atoms with Crippen LogP contribution in [0.3, 0.4) is 0 Å². The lowest BCUT2D eigenvalue weighted by Crippen LogP contribution is -2.11. The molecule has 0 saturated heterocycles. The molecule has 130 valence electrons. The molecule has 0 aromatic heterocycles. The molecule has 0 radical (unpaired) electrons. The second kappa shape index (κ2) is 5.47. The van der Waals surface area contributed by atoms with E-state index >= 15 is 0 Å². The van der Waals surface area contributed by atoms with Gasteiger partial charge in [0.1, 0.15) is 5.75 Å². The Morgan fingerprint density at radius 3 is 1.85 bits per heavy atom. The molecule has 6 rings (SSSR count). The molecule has 0 heterocycles. The van der Waals surface area contributed by atoms with Crippen molar-refractivity contribution in [1.29, 1.82) is 0 Å². The van der Waals surface area contributed by atoms with Crippen molar-refractivity contribution >= 4 is 10.8 Å². The van der Waals surface area contributed by atoms with Crippen molar-refractivity contribution < 1.29 is 5.11 Å². The van der Waals surface area contributed by atoms with Gasteiger partial charge in [-0.3, -0.25) is 0 Å². The molecule has 0 saturated carbocycles. The van der Waals surface area contributed by atoms with Crippen molar-refractivity contribution in [2.45, 2.75) is 25.7 Å². The van der Waals surface area contributed by atoms with Gasteiger partial charge in [-0.2, -0.15) is 0 Å². The molecule has 0 bridgehead atoms. The van der Waals surface area contributed by atoms with Gasteiger partial charge in [0, 0.05) is 5.56 Å². The zero-order valence-electron chi connectivity index (χ0n) is 15.1. The molecule has 0 amide bonds. The third-order valence-electron chi connectivity index (χ3n) is 6.35. The Labute approximate surface area is 158 Å². The lowest BCUT2D eigenvalue weighted by atomic mass is 9.74. The second-order valence-corrected chi connectivity index (χ2v) is 7.77. The van der Waals surface area contributed by atoms with Crippen LogP contribution in [0.5, 0.6) is 5.75 Å². The molecule has 0 aliphatic heterocycles. The van der Waals surface area contributed by atoms with Crippen LogP contribution in [-0.2, 0) is 25.7 Å². The predicted molar refractivity (Wildman–Crippen MR) is 111 cm³/mol. The van der Waals surface area contributed by atoms with Gasteiger partial charge in [0.15, 0.2) is 0 Å². The molecule has 27 heavy (non-hydrogen) atoms. The van der Waals surface area contributed by atoms with Crippen LogP contribution in [0.25, 0.3) is 33.0 Å². The van der Waals surface area contributed by atoms with Gasteiger partial charge in [0.25, 0.3) is 0 Å². The summed E-state index contributed by atoms with van der Waals surface area (Å²) in [6, 6.07) is 23.8. The normalized spacial score (nSPS) is 14.2. The maximum Gasteiger partial charge on any atom is 0.123 e. The number of hydrogen-bond donors (Lipinski definition) is 1. The van der Waals surface area contributed by atoms with E-state index in [-0.39, 0.29) is 0 Å². The first-order chi connectivity index (χ1) is 13.3. The third kappa shape index (κ3) is 2.06. The topological polar surface area (TPSA) is 20.2 Å². The van der Waals surface area contributed by atoms with Crippen LogP contribution in [0.4, 0.5) is 0 Å². The minimum absolute atomic E-state index is 0.411. The first kappa shape index (κ1) is 15.0. The fourth-order valence-electron chi connectivity index (χ4n) is 5.12. The van der Waals surface area contributed by atoms with Crippen molar-refractivity contribution in [1.82, 2.24) is 0 Å². The summed E-state index contributed by atoms with van der Waals surface area (Å²) in [6.07, 6.45) is 4.19. The van der Waals surface area contributed by atoms with E-state index in [1.807, 2.05) is 12.1 Å². The van der Waals surface area contributed by atoms with E-state index in [2.05, 4.69) is 54.6 Å². The van der Waals surface area contributed by atoms with E-state index < -0.39 is 0 Å². The van der Waals surface area contributed by atoms with Gasteiger partial charge in [-0.1, -0.05) is 60.7 Å². The van der Waals surface area contributed by atoms with Crippen LogP contribution < -0.4 is 0 Å². The van der Waals surface area contributed by atoms with Gasteiger partial charge in [0.2, 0.25) is 0 Å². The molecule has 1 N–H and O–H groups in total. The zero-order chi connectivity index (χ0) is 18.0. The summed E-state index contributed by atoms with van der Waals surface area (Å²) in [5.41, 5.74) is 10.5. The summed E-state index contributed by atoms with van der Waals surface area (Å²) in [4.78, 5) is 0. The fourth-order valence-corrected chi connectivity index (χ4v) is 5.12. The first-order valence-corrected chi connectivity index (χ1v) is 9.78. The maximum absolute atomic E-state index is 10.8. The Balaban J connectivity index is 1.79. The van der Waals surface area contributed by atoms with E-state index in [9.17, 15) is 5.11 Å². The molecule has 0 spiro atoms. The second-order valence-electron chi connectivity index (χ2n) is 7.77. The van der Waals surface area contributed by atoms with Crippen LogP contribution in [0.1, 0.15) is 22.3 Å². The van der Waals surface area contributed by atoms with E-state index in [1.54, 1.807) is 0 Å². The lowest BCUT2D eigenvalue weighted by molar-refractivity contribution is 0.476. The monoisotopic (exact) mass is 348 g/mol. The Kier molecular flexibility index (Phi) is 3.05. The number of aryl methyl sites for hydroxylation is 4. The summed E-state index contributed by atoms with van der Waals surface area (Å²) >= 11 is 0. The highest BCUT2D eigenvalue weighted by atomic mass is 16.3. The molecular weight excluding hydrogens is 328 g/mol. The van der Waals surface area contributed by atoms with Crippen LogP contribution in [0.15, 0.2) is 66.7 Å². The predicted octanol–water partition coefficient (Wildman–Crippen LogP) is 6.08. The van der Waals surface area contributed by atoms with Gasteiger partial charge in [-0.25, -0.2) is 0 Å². The van der Waals surface area contributed by atoms with Crippen molar-refractivity contribution in [2.24, 2.45) is 0 Å². The van der Waals surface area contributed by atoms with Crippen LogP contribution in [0.2, 0.25) is 0 Å². The van der Waals surface area contributed by atoms with Crippen LogP contribution >= 0.6 is 0 Å². The third-order valence-corrected chi connectivity index (χ3v) is 6.35. The average Bonchev–Trinajstić information content (AvgIpc) is 2.72. The van der Waals surface area contributed by atoms with Crippen molar-refractivity contribution in [3.05, 3.63) is 89.0 Å².